The Bertz CT molecular complexity index is 566. The lowest BCUT2D eigenvalue weighted by atomic mass is 10.1. The number of benzene rings is 1. The molecule has 2 aromatic rings. The van der Waals surface area contributed by atoms with E-state index in [2.05, 4.69) is 10.2 Å². The number of phenolic OH excluding ortho intramolecular Hbond substituents is 2. The smallest absolute Gasteiger partial charge is 0.157 e. The van der Waals surface area contributed by atoms with Gasteiger partial charge in [-0.05, 0) is 38.0 Å². The first-order valence-electron chi connectivity index (χ1n) is 6.15. The Kier molecular flexibility index (Phi) is 3.71. The van der Waals surface area contributed by atoms with Crippen molar-refractivity contribution in [3.05, 3.63) is 35.9 Å². The van der Waals surface area contributed by atoms with E-state index in [9.17, 15) is 10.2 Å². The van der Waals surface area contributed by atoms with Crippen LogP contribution in [0.15, 0.2) is 24.5 Å². The molecule has 0 spiro atoms. The number of nitrogens with zero attached hydrogens (tertiary/aromatic N) is 3. The normalized spacial score (nSPS) is 12.8. The van der Waals surface area contributed by atoms with Crippen LogP contribution in [0.3, 0.4) is 0 Å². The van der Waals surface area contributed by atoms with Crippen LogP contribution < -0.4 is 5.73 Å². The highest BCUT2D eigenvalue weighted by molar-refractivity contribution is 5.40. The molecule has 19 heavy (non-hydrogen) atoms. The van der Waals surface area contributed by atoms with Gasteiger partial charge in [-0.3, -0.25) is 0 Å². The van der Waals surface area contributed by atoms with Crippen LogP contribution in [0.25, 0.3) is 0 Å². The van der Waals surface area contributed by atoms with E-state index in [1.807, 2.05) is 18.4 Å². The third-order valence-electron chi connectivity index (χ3n) is 2.98. The molecule has 2 rings (SSSR count). The fourth-order valence-corrected chi connectivity index (χ4v) is 1.96. The SMILES string of the molecule is CC(C)n1cnnc1C(N)Cc1ccc(O)c(O)c1. The molecule has 0 fully saturated rings. The van der Waals surface area contributed by atoms with Gasteiger partial charge in [-0.2, -0.15) is 0 Å². The number of phenols is 2. The van der Waals surface area contributed by atoms with Gasteiger partial charge in [0.1, 0.15) is 12.2 Å². The van der Waals surface area contributed by atoms with Gasteiger partial charge in [0, 0.05) is 6.04 Å². The molecule has 1 aromatic carbocycles. The Morgan fingerprint density at radius 2 is 2.00 bits per heavy atom. The molecule has 0 radical (unpaired) electrons. The van der Waals surface area contributed by atoms with Gasteiger partial charge in [-0.15, -0.1) is 10.2 Å². The van der Waals surface area contributed by atoms with Gasteiger partial charge in [0.2, 0.25) is 0 Å². The maximum absolute atomic E-state index is 9.46. The van der Waals surface area contributed by atoms with Crippen LogP contribution >= 0.6 is 0 Å². The molecule has 0 aliphatic heterocycles. The molecule has 0 amide bonds. The Hall–Kier alpha value is -2.08. The summed E-state index contributed by atoms with van der Waals surface area (Å²) >= 11 is 0. The van der Waals surface area contributed by atoms with Crippen LogP contribution in [-0.4, -0.2) is 25.0 Å². The maximum Gasteiger partial charge on any atom is 0.157 e. The lowest BCUT2D eigenvalue weighted by molar-refractivity contribution is 0.403. The highest BCUT2D eigenvalue weighted by Gasteiger charge is 2.16. The first-order valence-corrected chi connectivity index (χ1v) is 6.15. The summed E-state index contributed by atoms with van der Waals surface area (Å²) < 4.78 is 1.92. The van der Waals surface area contributed by atoms with Crippen molar-refractivity contribution in [2.45, 2.75) is 32.4 Å². The third kappa shape index (κ3) is 2.85. The Morgan fingerprint density at radius 1 is 1.26 bits per heavy atom. The first-order chi connectivity index (χ1) is 8.99. The Balaban J connectivity index is 2.18. The molecular weight excluding hydrogens is 244 g/mol. The van der Waals surface area contributed by atoms with Crippen molar-refractivity contribution in [2.24, 2.45) is 5.73 Å². The Labute approximate surface area is 111 Å². The molecule has 102 valence electrons. The van der Waals surface area contributed by atoms with Gasteiger partial charge < -0.3 is 20.5 Å². The summed E-state index contributed by atoms with van der Waals surface area (Å²) in [7, 11) is 0. The fraction of sp³-hybridized carbons (Fsp3) is 0.385. The van der Waals surface area contributed by atoms with Crippen LogP contribution in [0.1, 0.15) is 37.3 Å². The topological polar surface area (TPSA) is 97.2 Å². The zero-order valence-electron chi connectivity index (χ0n) is 11.0. The van der Waals surface area contributed by atoms with Gasteiger partial charge in [-0.25, -0.2) is 0 Å². The molecule has 0 saturated carbocycles. The third-order valence-corrected chi connectivity index (χ3v) is 2.98. The minimum atomic E-state index is -0.311. The minimum Gasteiger partial charge on any atom is -0.504 e. The van der Waals surface area contributed by atoms with Gasteiger partial charge in [0.25, 0.3) is 0 Å². The van der Waals surface area contributed by atoms with Crippen LogP contribution in [0.2, 0.25) is 0 Å². The van der Waals surface area contributed by atoms with Crippen LogP contribution in [0.5, 0.6) is 11.5 Å². The fourth-order valence-electron chi connectivity index (χ4n) is 1.96. The summed E-state index contributed by atoms with van der Waals surface area (Å²) in [6, 6.07) is 4.61. The van der Waals surface area contributed by atoms with Crippen molar-refractivity contribution < 1.29 is 10.2 Å². The average molecular weight is 262 g/mol. The first kappa shape index (κ1) is 13.4. The molecule has 0 aliphatic rings. The maximum atomic E-state index is 9.46. The molecule has 1 aromatic heterocycles. The highest BCUT2D eigenvalue weighted by Crippen LogP contribution is 2.27. The molecule has 0 aliphatic carbocycles. The molecule has 6 heteroatoms. The molecule has 0 bridgehead atoms. The highest BCUT2D eigenvalue weighted by atomic mass is 16.3. The summed E-state index contributed by atoms with van der Waals surface area (Å²) in [4.78, 5) is 0. The van der Waals surface area contributed by atoms with Crippen LogP contribution in [0, 0.1) is 0 Å². The van der Waals surface area contributed by atoms with E-state index in [1.165, 1.54) is 12.1 Å². The second-order valence-electron chi connectivity index (χ2n) is 4.82. The van der Waals surface area contributed by atoms with Crippen LogP contribution in [-0.2, 0) is 6.42 Å². The van der Waals surface area contributed by atoms with Crippen LogP contribution in [0.4, 0.5) is 0 Å². The zero-order valence-corrected chi connectivity index (χ0v) is 11.0. The van der Waals surface area contributed by atoms with E-state index >= 15 is 0 Å². The van der Waals surface area contributed by atoms with Crippen molar-refractivity contribution >= 4 is 0 Å². The van der Waals surface area contributed by atoms with Crippen molar-refractivity contribution in [3.63, 3.8) is 0 Å². The van der Waals surface area contributed by atoms with E-state index < -0.39 is 0 Å². The number of aromatic nitrogens is 3. The monoisotopic (exact) mass is 262 g/mol. The van der Waals surface area contributed by atoms with Crippen molar-refractivity contribution in [1.29, 1.82) is 0 Å². The molecular formula is C13H18N4O2. The summed E-state index contributed by atoms with van der Waals surface area (Å²) in [5, 5.41) is 26.7. The quantitative estimate of drug-likeness (QED) is 0.726. The summed E-state index contributed by atoms with van der Waals surface area (Å²) in [6.07, 6.45) is 2.17. The molecule has 1 atom stereocenters. The summed E-state index contributed by atoms with van der Waals surface area (Å²) in [5.41, 5.74) is 6.97. The van der Waals surface area contributed by atoms with E-state index in [-0.39, 0.29) is 23.6 Å². The summed E-state index contributed by atoms with van der Waals surface area (Å²) in [5.74, 6) is 0.431. The standard InChI is InChI=1S/C13H18N4O2/c1-8(2)17-7-15-16-13(17)10(14)5-9-3-4-11(18)12(19)6-9/h3-4,6-8,10,18-19H,5,14H2,1-2H3. The van der Waals surface area contributed by atoms with Crippen molar-refractivity contribution in [2.75, 3.05) is 0 Å². The minimum absolute atomic E-state index is 0.136. The van der Waals surface area contributed by atoms with Crippen molar-refractivity contribution in [1.82, 2.24) is 14.8 Å². The zero-order chi connectivity index (χ0) is 14.0. The van der Waals surface area contributed by atoms with Gasteiger partial charge in [0.15, 0.2) is 11.5 Å². The number of hydrogen-bond donors (Lipinski definition) is 3. The van der Waals surface area contributed by atoms with E-state index in [0.717, 1.165) is 5.56 Å². The van der Waals surface area contributed by atoms with Gasteiger partial charge in [0.05, 0.1) is 6.04 Å². The van der Waals surface area contributed by atoms with Crippen molar-refractivity contribution in [3.8, 4) is 11.5 Å². The van der Waals surface area contributed by atoms with Gasteiger partial charge >= 0.3 is 0 Å². The largest absolute Gasteiger partial charge is 0.504 e. The number of hydrogen-bond acceptors (Lipinski definition) is 5. The number of aromatic hydroxyl groups is 2. The Morgan fingerprint density at radius 3 is 2.63 bits per heavy atom. The van der Waals surface area contributed by atoms with E-state index in [4.69, 9.17) is 5.73 Å². The van der Waals surface area contributed by atoms with E-state index in [0.29, 0.717) is 12.2 Å². The van der Waals surface area contributed by atoms with Gasteiger partial charge in [-0.1, -0.05) is 6.07 Å². The molecule has 0 saturated heterocycles. The number of rotatable bonds is 4. The predicted molar refractivity (Wildman–Crippen MR) is 70.8 cm³/mol. The second kappa shape index (κ2) is 5.27. The molecule has 4 N–H and O–H groups in total. The lowest BCUT2D eigenvalue weighted by Gasteiger charge is -2.15. The molecule has 6 nitrogen and oxygen atoms in total. The predicted octanol–water partition coefficient (Wildman–Crippen LogP) is 1.51. The lowest BCUT2D eigenvalue weighted by Crippen LogP contribution is -2.19. The molecule has 1 unspecified atom stereocenters. The van der Waals surface area contributed by atoms with E-state index in [1.54, 1.807) is 12.4 Å². The average Bonchev–Trinajstić information content (AvgIpc) is 2.83. The molecule has 1 heterocycles. The summed E-state index contributed by atoms with van der Waals surface area (Å²) in [6.45, 7) is 4.07. The second-order valence-corrected chi connectivity index (χ2v) is 4.82. The number of nitrogens with two attached hydrogens (primary N) is 1.